The minimum atomic E-state index is -0.672. The van der Waals surface area contributed by atoms with Gasteiger partial charge >= 0.3 is 0 Å². The van der Waals surface area contributed by atoms with E-state index in [9.17, 15) is 9.18 Å². The van der Waals surface area contributed by atoms with Gasteiger partial charge in [-0.3, -0.25) is 9.69 Å². The van der Waals surface area contributed by atoms with Gasteiger partial charge in [0.2, 0.25) is 0 Å². The normalized spacial score (nSPS) is 16.7. The quantitative estimate of drug-likeness (QED) is 0.562. The first kappa shape index (κ1) is 20.0. The molecule has 3 N–H and O–H groups in total. The van der Waals surface area contributed by atoms with Gasteiger partial charge in [0, 0.05) is 30.7 Å². The molecular formula is C21H24FN7O. The number of hydrogen-bond acceptors (Lipinski definition) is 6. The molecule has 0 saturated carbocycles. The second-order valence-electron chi connectivity index (χ2n) is 7.51. The lowest BCUT2D eigenvalue weighted by atomic mass is 10.1. The van der Waals surface area contributed by atoms with Gasteiger partial charge in [0.1, 0.15) is 11.6 Å². The number of benzene rings is 1. The maximum absolute atomic E-state index is 14.4. The summed E-state index contributed by atoms with van der Waals surface area (Å²) in [6.07, 6.45) is 6.92. The van der Waals surface area contributed by atoms with E-state index in [1.54, 1.807) is 13.2 Å². The largest absolute Gasteiger partial charge is 0.388 e. The summed E-state index contributed by atoms with van der Waals surface area (Å²) in [5, 5.41) is 13.0. The average Bonchev–Trinajstić information content (AvgIpc) is 3.33. The molecule has 1 saturated heterocycles. The van der Waals surface area contributed by atoms with Crippen molar-refractivity contribution in [3.8, 4) is 0 Å². The van der Waals surface area contributed by atoms with E-state index in [1.807, 2.05) is 17.5 Å². The third-order valence-corrected chi connectivity index (χ3v) is 5.54. The van der Waals surface area contributed by atoms with Crippen molar-refractivity contribution >= 4 is 29.3 Å². The summed E-state index contributed by atoms with van der Waals surface area (Å²) in [4.78, 5) is 24.1. The third kappa shape index (κ3) is 3.52. The Morgan fingerprint density at radius 1 is 1.33 bits per heavy atom. The zero-order valence-electron chi connectivity index (χ0n) is 17.2. The summed E-state index contributed by atoms with van der Waals surface area (Å²) >= 11 is 0. The Kier molecular flexibility index (Phi) is 5.21. The highest BCUT2D eigenvalue weighted by Crippen LogP contribution is 2.30. The molecule has 0 aliphatic carbocycles. The van der Waals surface area contributed by atoms with Crippen molar-refractivity contribution in [3.63, 3.8) is 0 Å². The molecule has 0 bridgehead atoms. The van der Waals surface area contributed by atoms with Gasteiger partial charge < -0.3 is 20.4 Å². The number of imidazole rings is 1. The van der Waals surface area contributed by atoms with Gasteiger partial charge in [-0.1, -0.05) is 0 Å². The van der Waals surface area contributed by atoms with E-state index in [2.05, 4.69) is 27.6 Å². The summed E-state index contributed by atoms with van der Waals surface area (Å²) in [6, 6.07) is 2.83. The second kappa shape index (κ2) is 7.83. The molecule has 9 heteroatoms. The van der Waals surface area contributed by atoms with E-state index in [0.717, 1.165) is 36.9 Å². The minimum absolute atomic E-state index is 0.147. The molecule has 30 heavy (non-hydrogen) atoms. The number of fused-ring (bicyclic) bond motifs is 1. The van der Waals surface area contributed by atoms with Crippen molar-refractivity contribution < 1.29 is 9.18 Å². The number of aryl methyl sites for hydroxylation is 1. The van der Waals surface area contributed by atoms with Crippen LogP contribution < -0.4 is 10.6 Å². The zero-order valence-corrected chi connectivity index (χ0v) is 17.2. The topological polar surface area (TPSA) is 98.4 Å². The number of amides is 1. The fourth-order valence-corrected chi connectivity index (χ4v) is 3.96. The molecule has 156 valence electrons. The highest BCUT2D eigenvalue weighted by atomic mass is 19.1. The number of nitrogens with one attached hydrogen (secondary N) is 3. The lowest BCUT2D eigenvalue weighted by molar-refractivity contribution is 0.102. The van der Waals surface area contributed by atoms with Crippen molar-refractivity contribution in [2.45, 2.75) is 25.8 Å². The number of likely N-dealkylation sites (tertiary alicyclic amines) is 1. The van der Waals surface area contributed by atoms with Crippen molar-refractivity contribution in [1.29, 1.82) is 5.41 Å². The van der Waals surface area contributed by atoms with E-state index in [1.165, 1.54) is 12.1 Å². The number of aromatic nitrogens is 3. The fourth-order valence-electron chi connectivity index (χ4n) is 3.96. The molecule has 8 nitrogen and oxygen atoms in total. The summed E-state index contributed by atoms with van der Waals surface area (Å²) in [5.41, 5.74) is 3.10. The Hall–Kier alpha value is -3.33. The van der Waals surface area contributed by atoms with Gasteiger partial charge in [-0.2, -0.15) is 0 Å². The molecule has 1 aliphatic heterocycles. The average molecular weight is 409 g/mol. The summed E-state index contributed by atoms with van der Waals surface area (Å²) < 4.78 is 16.3. The number of nitrogens with zero attached hydrogens (tertiary/aromatic N) is 4. The van der Waals surface area contributed by atoms with Crippen LogP contribution in [0.1, 0.15) is 46.2 Å². The SMILES string of the molecule is CNc1cc(F)c(C(=O)Nc2cn3cc(C4CCCN4C)nc3c(C)n2)cc1C=N. The van der Waals surface area contributed by atoms with E-state index in [4.69, 9.17) is 10.4 Å². The Balaban J connectivity index is 1.64. The molecule has 0 spiro atoms. The smallest absolute Gasteiger partial charge is 0.259 e. The van der Waals surface area contributed by atoms with E-state index in [0.29, 0.717) is 22.8 Å². The van der Waals surface area contributed by atoms with Crippen LogP contribution in [0.5, 0.6) is 0 Å². The van der Waals surface area contributed by atoms with Crippen LogP contribution in [0.3, 0.4) is 0 Å². The van der Waals surface area contributed by atoms with Crippen LogP contribution in [-0.2, 0) is 0 Å². The van der Waals surface area contributed by atoms with Crippen LogP contribution in [-0.4, -0.2) is 52.0 Å². The predicted octanol–water partition coefficient (Wildman–Crippen LogP) is 3.24. The number of carbonyl (C=O) groups excluding carboxylic acids is 1. The number of hydrogen-bond donors (Lipinski definition) is 3. The molecule has 0 radical (unpaired) electrons. The van der Waals surface area contributed by atoms with Gasteiger partial charge in [-0.15, -0.1) is 0 Å². The van der Waals surface area contributed by atoms with Gasteiger partial charge in [0.15, 0.2) is 5.65 Å². The number of anilines is 2. The van der Waals surface area contributed by atoms with Crippen LogP contribution in [0.4, 0.5) is 15.9 Å². The predicted molar refractivity (Wildman–Crippen MR) is 114 cm³/mol. The molecule has 2 aromatic heterocycles. The Labute approximate surface area is 173 Å². The van der Waals surface area contributed by atoms with Gasteiger partial charge in [0.05, 0.1) is 29.2 Å². The molecule has 3 aromatic rings. The molecule has 3 heterocycles. The van der Waals surface area contributed by atoms with Crippen LogP contribution in [0, 0.1) is 18.2 Å². The van der Waals surface area contributed by atoms with Gasteiger partial charge in [-0.25, -0.2) is 14.4 Å². The Bertz CT molecular complexity index is 1140. The van der Waals surface area contributed by atoms with Crippen LogP contribution in [0.25, 0.3) is 5.65 Å². The monoisotopic (exact) mass is 409 g/mol. The van der Waals surface area contributed by atoms with E-state index in [-0.39, 0.29) is 11.6 Å². The fraction of sp³-hybridized carbons (Fsp3) is 0.333. The van der Waals surface area contributed by atoms with Gasteiger partial charge in [-0.05, 0) is 45.5 Å². The Morgan fingerprint density at radius 2 is 2.13 bits per heavy atom. The molecule has 1 fully saturated rings. The lowest BCUT2D eigenvalue weighted by Gasteiger charge is -2.16. The molecule has 1 amide bonds. The lowest BCUT2D eigenvalue weighted by Crippen LogP contribution is -2.17. The molecular weight excluding hydrogens is 385 g/mol. The van der Waals surface area contributed by atoms with Crippen molar-refractivity contribution in [2.75, 3.05) is 31.3 Å². The summed E-state index contributed by atoms with van der Waals surface area (Å²) in [6.45, 7) is 2.88. The first-order valence-electron chi connectivity index (χ1n) is 9.81. The molecule has 4 rings (SSSR count). The Morgan fingerprint density at radius 3 is 2.80 bits per heavy atom. The number of halogens is 1. The maximum atomic E-state index is 14.4. The van der Waals surface area contributed by atoms with Crippen LogP contribution >= 0.6 is 0 Å². The van der Waals surface area contributed by atoms with Crippen LogP contribution in [0.15, 0.2) is 24.5 Å². The van der Waals surface area contributed by atoms with Crippen LogP contribution in [0.2, 0.25) is 0 Å². The van der Waals surface area contributed by atoms with E-state index >= 15 is 0 Å². The van der Waals surface area contributed by atoms with Gasteiger partial charge in [0.25, 0.3) is 5.91 Å². The van der Waals surface area contributed by atoms with Crippen molar-refractivity contribution in [3.05, 3.63) is 52.9 Å². The second-order valence-corrected chi connectivity index (χ2v) is 7.51. The standard InChI is InChI=1S/C21H24FN7O/c1-12-20-26-17(18-5-4-6-28(18)3)10-29(20)11-19(25-12)27-21(30)14-7-13(9-23)16(24-2)8-15(14)22/h7-11,18,23-24H,4-6H2,1-3H3,(H,27,30). The highest BCUT2D eigenvalue weighted by Gasteiger charge is 2.25. The van der Waals surface area contributed by atoms with Crippen molar-refractivity contribution in [2.24, 2.45) is 0 Å². The first-order chi connectivity index (χ1) is 14.4. The molecule has 1 unspecified atom stereocenters. The summed E-state index contributed by atoms with van der Waals surface area (Å²) in [5.74, 6) is -0.989. The highest BCUT2D eigenvalue weighted by molar-refractivity contribution is 6.05. The number of rotatable bonds is 5. The molecule has 1 aromatic carbocycles. The van der Waals surface area contributed by atoms with E-state index < -0.39 is 11.7 Å². The van der Waals surface area contributed by atoms with Crippen molar-refractivity contribution in [1.82, 2.24) is 19.3 Å². The maximum Gasteiger partial charge on any atom is 0.259 e. The zero-order chi connectivity index (χ0) is 21.4. The molecule has 1 aliphatic rings. The minimum Gasteiger partial charge on any atom is -0.388 e. The first-order valence-corrected chi connectivity index (χ1v) is 9.81. The third-order valence-electron chi connectivity index (χ3n) is 5.54. The molecule has 1 atom stereocenters. The summed E-state index contributed by atoms with van der Waals surface area (Å²) in [7, 11) is 3.72. The number of carbonyl (C=O) groups is 1.